The second-order valence-electron chi connectivity index (χ2n) is 3.88. The van der Waals surface area contributed by atoms with Crippen molar-refractivity contribution >= 4 is 0 Å². The van der Waals surface area contributed by atoms with Gasteiger partial charge in [0.2, 0.25) is 0 Å². The molecule has 17 heavy (non-hydrogen) atoms. The van der Waals surface area contributed by atoms with Crippen LogP contribution in [0.2, 0.25) is 0 Å². The van der Waals surface area contributed by atoms with Gasteiger partial charge >= 0.3 is 0 Å². The average Bonchev–Trinajstić information content (AvgIpc) is 2.40. The standard InChI is InChI=1S/C15H16O2/c1-2-14(16)13-10-6-7-11-15(13)17-12-8-4-3-5-9-12/h3-11,14,16H,2H2,1H3/t14-/m0/s1. The lowest BCUT2D eigenvalue weighted by molar-refractivity contribution is 0.170. The third-order valence-electron chi connectivity index (χ3n) is 2.64. The van der Waals surface area contributed by atoms with Crippen molar-refractivity contribution in [2.75, 3.05) is 0 Å². The van der Waals surface area contributed by atoms with Gasteiger partial charge in [-0.2, -0.15) is 0 Å². The molecule has 0 spiro atoms. The summed E-state index contributed by atoms with van der Waals surface area (Å²) < 4.78 is 5.77. The molecule has 2 heteroatoms. The highest BCUT2D eigenvalue weighted by atomic mass is 16.5. The van der Waals surface area contributed by atoms with Crippen molar-refractivity contribution in [1.82, 2.24) is 0 Å². The second kappa shape index (κ2) is 5.51. The Kier molecular flexibility index (Phi) is 3.78. The Labute approximate surface area is 101 Å². The summed E-state index contributed by atoms with van der Waals surface area (Å²) in [6.45, 7) is 1.95. The van der Waals surface area contributed by atoms with E-state index in [2.05, 4.69) is 0 Å². The largest absolute Gasteiger partial charge is 0.457 e. The summed E-state index contributed by atoms with van der Waals surface area (Å²) in [7, 11) is 0. The predicted octanol–water partition coefficient (Wildman–Crippen LogP) is 3.92. The Balaban J connectivity index is 2.27. The van der Waals surface area contributed by atoms with Crippen molar-refractivity contribution in [2.24, 2.45) is 0 Å². The number of para-hydroxylation sites is 2. The summed E-state index contributed by atoms with van der Waals surface area (Å²) in [6, 6.07) is 17.2. The Morgan fingerprint density at radius 3 is 2.35 bits per heavy atom. The molecule has 0 heterocycles. The number of hydrogen-bond acceptors (Lipinski definition) is 2. The van der Waals surface area contributed by atoms with Gasteiger partial charge in [-0.3, -0.25) is 0 Å². The Morgan fingerprint density at radius 2 is 1.65 bits per heavy atom. The molecule has 2 aromatic rings. The van der Waals surface area contributed by atoms with Crippen LogP contribution in [0, 0.1) is 0 Å². The van der Waals surface area contributed by atoms with Crippen molar-refractivity contribution in [1.29, 1.82) is 0 Å². The fraction of sp³-hybridized carbons (Fsp3) is 0.200. The molecule has 2 aromatic carbocycles. The highest BCUT2D eigenvalue weighted by Gasteiger charge is 2.11. The van der Waals surface area contributed by atoms with E-state index in [9.17, 15) is 5.11 Å². The monoisotopic (exact) mass is 228 g/mol. The molecule has 88 valence electrons. The van der Waals surface area contributed by atoms with E-state index in [1.807, 2.05) is 61.5 Å². The number of rotatable bonds is 4. The van der Waals surface area contributed by atoms with Crippen molar-refractivity contribution in [3.05, 3.63) is 60.2 Å². The van der Waals surface area contributed by atoms with Crippen molar-refractivity contribution in [2.45, 2.75) is 19.4 Å². The Morgan fingerprint density at radius 1 is 1.00 bits per heavy atom. The molecule has 1 N–H and O–H groups in total. The quantitative estimate of drug-likeness (QED) is 0.859. The number of aliphatic hydroxyl groups is 1. The highest BCUT2D eigenvalue weighted by Crippen LogP contribution is 2.30. The smallest absolute Gasteiger partial charge is 0.133 e. The van der Waals surface area contributed by atoms with E-state index in [0.29, 0.717) is 12.2 Å². The van der Waals surface area contributed by atoms with E-state index < -0.39 is 6.10 Å². The number of benzene rings is 2. The zero-order valence-electron chi connectivity index (χ0n) is 9.84. The van der Waals surface area contributed by atoms with Gasteiger partial charge in [-0.05, 0) is 24.6 Å². The summed E-state index contributed by atoms with van der Waals surface area (Å²) >= 11 is 0. The van der Waals surface area contributed by atoms with Gasteiger partial charge in [-0.15, -0.1) is 0 Å². The minimum atomic E-state index is -0.477. The van der Waals surface area contributed by atoms with Gasteiger partial charge in [0.1, 0.15) is 11.5 Å². The molecule has 0 bridgehead atoms. The van der Waals surface area contributed by atoms with E-state index in [0.717, 1.165) is 11.3 Å². The third-order valence-corrected chi connectivity index (χ3v) is 2.64. The van der Waals surface area contributed by atoms with Crippen molar-refractivity contribution in [3.63, 3.8) is 0 Å². The van der Waals surface area contributed by atoms with Crippen LogP contribution in [0.4, 0.5) is 0 Å². The fourth-order valence-corrected chi connectivity index (χ4v) is 1.68. The van der Waals surface area contributed by atoms with Crippen LogP contribution < -0.4 is 4.74 Å². The maximum atomic E-state index is 9.91. The first kappa shape index (κ1) is 11.7. The maximum absolute atomic E-state index is 9.91. The number of aliphatic hydroxyl groups excluding tert-OH is 1. The van der Waals surface area contributed by atoms with Crippen LogP contribution in [0.1, 0.15) is 25.0 Å². The normalized spacial score (nSPS) is 12.1. The van der Waals surface area contributed by atoms with Crippen LogP contribution in [-0.4, -0.2) is 5.11 Å². The molecular formula is C15H16O2. The first-order valence-corrected chi connectivity index (χ1v) is 5.81. The lowest BCUT2D eigenvalue weighted by Crippen LogP contribution is -1.98. The topological polar surface area (TPSA) is 29.5 Å². The molecule has 0 aliphatic carbocycles. The van der Waals surface area contributed by atoms with Gasteiger partial charge in [0, 0.05) is 5.56 Å². The van der Waals surface area contributed by atoms with Crippen LogP contribution in [0.3, 0.4) is 0 Å². The molecule has 1 atom stereocenters. The maximum Gasteiger partial charge on any atom is 0.133 e. The zero-order valence-corrected chi connectivity index (χ0v) is 9.84. The molecule has 0 saturated carbocycles. The molecule has 2 rings (SSSR count). The summed E-state index contributed by atoms with van der Waals surface area (Å²) in [5.41, 5.74) is 0.832. The summed E-state index contributed by atoms with van der Waals surface area (Å²) in [5.74, 6) is 1.50. The molecule has 0 aromatic heterocycles. The molecule has 2 nitrogen and oxygen atoms in total. The average molecular weight is 228 g/mol. The van der Waals surface area contributed by atoms with Crippen LogP contribution in [-0.2, 0) is 0 Å². The number of hydrogen-bond donors (Lipinski definition) is 1. The highest BCUT2D eigenvalue weighted by molar-refractivity contribution is 5.38. The molecule has 0 aliphatic heterocycles. The Bertz CT molecular complexity index is 465. The first-order chi connectivity index (χ1) is 8.31. The van der Waals surface area contributed by atoms with Crippen LogP contribution in [0.5, 0.6) is 11.5 Å². The SMILES string of the molecule is CC[C@H](O)c1ccccc1Oc1ccccc1. The van der Waals surface area contributed by atoms with E-state index in [-0.39, 0.29) is 0 Å². The van der Waals surface area contributed by atoms with Crippen LogP contribution in [0.25, 0.3) is 0 Å². The van der Waals surface area contributed by atoms with Gasteiger partial charge in [0.15, 0.2) is 0 Å². The van der Waals surface area contributed by atoms with Crippen LogP contribution in [0.15, 0.2) is 54.6 Å². The van der Waals surface area contributed by atoms with Crippen molar-refractivity contribution < 1.29 is 9.84 Å². The third kappa shape index (κ3) is 2.86. The molecule has 0 unspecified atom stereocenters. The second-order valence-corrected chi connectivity index (χ2v) is 3.88. The summed E-state index contributed by atoms with van der Waals surface area (Å²) in [4.78, 5) is 0. The lowest BCUT2D eigenvalue weighted by Gasteiger charge is -2.14. The molecule has 0 fully saturated rings. The fourth-order valence-electron chi connectivity index (χ4n) is 1.68. The summed E-state index contributed by atoms with van der Waals surface area (Å²) in [5, 5.41) is 9.91. The molecular weight excluding hydrogens is 212 g/mol. The summed E-state index contributed by atoms with van der Waals surface area (Å²) in [6.07, 6.45) is 0.199. The minimum Gasteiger partial charge on any atom is -0.457 e. The predicted molar refractivity (Wildman–Crippen MR) is 68.2 cm³/mol. The van der Waals surface area contributed by atoms with E-state index in [4.69, 9.17) is 4.74 Å². The van der Waals surface area contributed by atoms with E-state index in [1.165, 1.54) is 0 Å². The lowest BCUT2D eigenvalue weighted by atomic mass is 10.1. The first-order valence-electron chi connectivity index (χ1n) is 5.81. The Hall–Kier alpha value is -1.80. The van der Waals surface area contributed by atoms with Gasteiger partial charge in [0.05, 0.1) is 6.10 Å². The van der Waals surface area contributed by atoms with Crippen molar-refractivity contribution in [3.8, 4) is 11.5 Å². The van der Waals surface area contributed by atoms with Gasteiger partial charge in [0.25, 0.3) is 0 Å². The molecule has 0 aliphatic rings. The van der Waals surface area contributed by atoms with Crippen LogP contribution >= 0.6 is 0 Å². The minimum absolute atomic E-state index is 0.477. The van der Waals surface area contributed by atoms with E-state index >= 15 is 0 Å². The molecule has 0 amide bonds. The molecule has 0 saturated heterocycles. The zero-order chi connectivity index (χ0) is 12.1. The van der Waals surface area contributed by atoms with Gasteiger partial charge < -0.3 is 9.84 Å². The van der Waals surface area contributed by atoms with Gasteiger partial charge in [-0.25, -0.2) is 0 Å². The molecule has 0 radical (unpaired) electrons. The number of ether oxygens (including phenoxy) is 1. The van der Waals surface area contributed by atoms with E-state index in [1.54, 1.807) is 0 Å². The van der Waals surface area contributed by atoms with Gasteiger partial charge in [-0.1, -0.05) is 43.3 Å².